The van der Waals surface area contributed by atoms with E-state index in [9.17, 15) is 0 Å². The molecular weight excluding hydrogens is 244 g/mol. The second-order valence-electron chi connectivity index (χ2n) is 4.26. The maximum absolute atomic E-state index is 5.81. The molecule has 1 aliphatic carbocycles. The first-order chi connectivity index (χ1) is 8.86. The molecular formula is C13H14N4S. The van der Waals surface area contributed by atoms with E-state index in [-0.39, 0.29) is 0 Å². The maximum Gasteiger partial charge on any atom is 0.121 e. The van der Waals surface area contributed by atoms with Crippen LogP contribution in [-0.4, -0.2) is 15.0 Å². The van der Waals surface area contributed by atoms with Crippen LogP contribution in [0.4, 0.5) is 0 Å². The van der Waals surface area contributed by atoms with Gasteiger partial charge in [0, 0.05) is 24.6 Å². The van der Waals surface area contributed by atoms with Gasteiger partial charge in [-0.3, -0.25) is 4.98 Å². The highest BCUT2D eigenvalue weighted by Gasteiger charge is 2.16. The van der Waals surface area contributed by atoms with E-state index in [0.717, 1.165) is 28.5 Å². The molecule has 0 aromatic carbocycles. The van der Waals surface area contributed by atoms with Crippen LogP contribution in [0, 0.1) is 0 Å². The average Bonchev–Trinajstić information content (AvgIpc) is 2.86. The number of hydrogen-bond donors (Lipinski definition) is 1. The molecule has 0 radical (unpaired) electrons. The van der Waals surface area contributed by atoms with Crippen molar-refractivity contribution in [3.63, 3.8) is 0 Å². The van der Waals surface area contributed by atoms with Crippen LogP contribution < -0.4 is 5.73 Å². The number of hydrogen-bond acceptors (Lipinski definition) is 5. The van der Waals surface area contributed by atoms with E-state index in [4.69, 9.17) is 10.7 Å². The molecule has 2 aromatic heterocycles. The van der Waals surface area contributed by atoms with Crippen LogP contribution in [-0.2, 0) is 19.4 Å². The average molecular weight is 258 g/mol. The molecule has 0 saturated carbocycles. The van der Waals surface area contributed by atoms with Gasteiger partial charge in [0.15, 0.2) is 0 Å². The summed E-state index contributed by atoms with van der Waals surface area (Å²) in [5.74, 6) is 0. The lowest BCUT2D eigenvalue weighted by Gasteiger charge is -2.09. The standard InChI is InChI=1S/C13H14N4S/c14-7-10-6-9-2-1-3-11(9)17-13(10)18-12-8-15-4-5-16-12/h4-6,8H,1-3,7,14H2. The lowest BCUT2D eigenvalue weighted by atomic mass is 10.1. The quantitative estimate of drug-likeness (QED) is 0.911. The molecule has 2 heterocycles. The molecule has 0 spiro atoms. The highest BCUT2D eigenvalue weighted by Crippen LogP contribution is 2.31. The van der Waals surface area contributed by atoms with Gasteiger partial charge in [0.25, 0.3) is 0 Å². The van der Waals surface area contributed by atoms with Crippen molar-refractivity contribution in [3.8, 4) is 0 Å². The fourth-order valence-corrected chi connectivity index (χ4v) is 3.03. The fraction of sp³-hybridized carbons (Fsp3) is 0.308. The largest absolute Gasteiger partial charge is 0.326 e. The first-order valence-electron chi connectivity index (χ1n) is 6.02. The summed E-state index contributed by atoms with van der Waals surface area (Å²) < 4.78 is 0. The van der Waals surface area contributed by atoms with E-state index in [1.165, 1.54) is 17.7 Å². The zero-order valence-electron chi connectivity index (χ0n) is 9.97. The molecule has 1 aliphatic rings. The Morgan fingerprint density at radius 3 is 3.00 bits per heavy atom. The zero-order chi connectivity index (χ0) is 12.4. The molecule has 0 unspecified atom stereocenters. The van der Waals surface area contributed by atoms with Crippen LogP contribution in [0.1, 0.15) is 23.2 Å². The van der Waals surface area contributed by atoms with E-state index in [0.29, 0.717) is 6.54 Å². The van der Waals surface area contributed by atoms with Crippen molar-refractivity contribution in [2.45, 2.75) is 35.9 Å². The fourth-order valence-electron chi connectivity index (χ4n) is 2.17. The monoisotopic (exact) mass is 258 g/mol. The number of aryl methyl sites for hydroxylation is 2. The molecule has 2 N–H and O–H groups in total. The van der Waals surface area contributed by atoms with E-state index in [1.807, 2.05) is 0 Å². The first kappa shape index (κ1) is 11.6. The Labute approximate surface area is 110 Å². The molecule has 0 fully saturated rings. The normalized spacial score (nSPS) is 13.6. The molecule has 4 nitrogen and oxygen atoms in total. The van der Waals surface area contributed by atoms with E-state index < -0.39 is 0 Å². The van der Waals surface area contributed by atoms with Gasteiger partial charge in [0.2, 0.25) is 0 Å². The molecule has 0 bridgehead atoms. The predicted octanol–water partition coefficient (Wildman–Crippen LogP) is 1.97. The van der Waals surface area contributed by atoms with Crippen molar-refractivity contribution < 1.29 is 0 Å². The third kappa shape index (κ3) is 2.23. The van der Waals surface area contributed by atoms with Gasteiger partial charge in [-0.1, -0.05) is 6.07 Å². The molecule has 18 heavy (non-hydrogen) atoms. The van der Waals surface area contributed by atoms with Crippen molar-refractivity contribution in [2.24, 2.45) is 5.73 Å². The Bertz CT molecular complexity index is 556. The number of nitrogens with zero attached hydrogens (tertiary/aromatic N) is 3. The summed E-state index contributed by atoms with van der Waals surface area (Å²) in [5.41, 5.74) is 9.49. The van der Waals surface area contributed by atoms with Gasteiger partial charge in [-0.05, 0) is 42.2 Å². The smallest absolute Gasteiger partial charge is 0.121 e. The molecule has 92 valence electrons. The number of nitrogens with two attached hydrogens (primary N) is 1. The van der Waals surface area contributed by atoms with Gasteiger partial charge in [0.1, 0.15) is 10.1 Å². The van der Waals surface area contributed by atoms with E-state index in [2.05, 4.69) is 16.0 Å². The van der Waals surface area contributed by atoms with Crippen molar-refractivity contribution >= 4 is 11.8 Å². The second kappa shape index (κ2) is 5.04. The van der Waals surface area contributed by atoms with Gasteiger partial charge in [-0.2, -0.15) is 0 Å². The third-order valence-electron chi connectivity index (χ3n) is 3.05. The summed E-state index contributed by atoms with van der Waals surface area (Å²) in [5, 5.41) is 1.83. The van der Waals surface area contributed by atoms with Crippen LogP contribution >= 0.6 is 11.8 Å². The number of aromatic nitrogens is 3. The SMILES string of the molecule is NCc1cc2c(nc1Sc1cnccn1)CCC2. The van der Waals surface area contributed by atoms with Crippen LogP contribution in [0.15, 0.2) is 34.7 Å². The lowest BCUT2D eigenvalue weighted by molar-refractivity contribution is 0.883. The minimum Gasteiger partial charge on any atom is -0.326 e. The Hall–Kier alpha value is -1.46. The highest BCUT2D eigenvalue weighted by molar-refractivity contribution is 7.99. The minimum absolute atomic E-state index is 0.517. The summed E-state index contributed by atoms with van der Waals surface area (Å²) in [6, 6.07) is 2.20. The van der Waals surface area contributed by atoms with Crippen molar-refractivity contribution in [2.75, 3.05) is 0 Å². The molecule has 0 saturated heterocycles. The Balaban J connectivity index is 1.96. The number of fused-ring (bicyclic) bond motifs is 1. The Morgan fingerprint density at radius 2 is 2.22 bits per heavy atom. The summed E-state index contributed by atoms with van der Waals surface area (Å²) >= 11 is 1.54. The van der Waals surface area contributed by atoms with Gasteiger partial charge < -0.3 is 5.73 Å². The summed E-state index contributed by atoms with van der Waals surface area (Å²) in [6.07, 6.45) is 8.52. The topological polar surface area (TPSA) is 64.7 Å². The summed E-state index contributed by atoms with van der Waals surface area (Å²) in [6.45, 7) is 0.517. The van der Waals surface area contributed by atoms with Gasteiger partial charge in [0.05, 0.1) is 6.20 Å². The van der Waals surface area contributed by atoms with Crippen LogP contribution in [0.2, 0.25) is 0 Å². The summed E-state index contributed by atoms with van der Waals surface area (Å²) in [7, 11) is 0. The second-order valence-corrected chi connectivity index (χ2v) is 5.27. The van der Waals surface area contributed by atoms with E-state index in [1.54, 1.807) is 30.4 Å². The zero-order valence-corrected chi connectivity index (χ0v) is 10.8. The van der Waals surface area contributed by atoms with Gasteiger partial charge in [-0.25, -0.2) is 9.97 Å². The van der Waals surface area contributed by atoms with E-state index >= 15 is 0 Å². The molecule has 0 amide bonds. The van der Waals surface area contributed by atoms with Gasteiger partial charge >= 0.3 is 0 Å². The molecule has 2 aromatic rings. The highest BCUT2D eigenvalue weighted by atomic mass is 32.2. The molecule has 0 aliphatic heterocycles. The minimum atomic E-state index is 0.517. The Kier molecular flexibility index (Phi) is 3.25. The van der Waals surface area contributed by atoms with Crippen LogP contribution in [0.25, 0.3) is 0 Å². The maximum atomic E-state index is 5.81. The summed E-state index contributed by atoms with van der Waals surface area (Å²) in [4.78, 5) is 13.1. The molecule has 5 heteroatoms. The van der Waals surface area contributed by atoms with Crippen molar-refractivity contribution in [3.05, 3.63) is 41.5 Å². The van der Waals surface area contributed by atoms with Crippen LogP contribution in [0.3, 0.4) is 0 Å². The number of rotatable bonds is 3. The van der Waals surface area contributed by atoms with Crippen molar-refractivity contribution in [1.29, 1.82) is 0 Å². The predicted molar refractivity (Wildman–Crippen MR) is 70.3 cm³/mol. The van der Waals surface area contributed by atoms with Crippen LogP contribution in [0.5, 0.6) is 0 Å². The van der Waals surface area contributed by atoms with Crippen molar-refractivity contribution in [1.82, 2.24) is 15.0 Å². The van der Waals surface area contributed by atoms with Gasteiger partial charge in [-0.15, -0.1) is 0 Å². The first-order valence-corrected chi connectivity index (χ1v) is 6.84. The molecule has 3 rings (SSSR count). The lowest BCUT2D eigenvalue weighted by Crippen LogP contribution is -2.03. The Morgan fingerprint density at radius 1 is 1.28 bits per heavy atom. The molecule has 0 atom stereocenters. The third-order valence-corrected chi connectivity index (χ3v) is 4.02. The number of pyridine rings is 1.